The molecule has 1 amide bonds. The molecule has 10 nitrogen and oxygen atoms in total. The number of morpholine rings is 1. The summed E-state index contributed by atoms with van der Waals surface area (Å²) in [5.74, 6) is -0.386. The Morgan fingerprint density at radius 3 is 2.74 bits per heavy atom. The first kappa shape index (κ1) is 20.6. The molecule has 0 radical (unpaired) electrons. The highest BCUT2D eigenvalue weighted by atomic mass is 16.6. The van der Waals surface area contributed by atoms with Crippen molar-refractivity contribution in [1.29, 1.82) is 0 Å². The molecule has 0 spiro atoms. The lowest BCUT2D eigenvalue weighted by Gasteiger charge is -2.27. The number of rotatable bonds is 6. The fourth-order valence-electron chi connectivity index (χ4n) is 3.48. The molecule has 3 aromatic rings. The Kier molecular flexibility index (Phi) is 6.01. The summed E-state index contributed by atoms with van der Waals surface area (Å²) in [6.45, 7) is 5.51. The molecule has 1 aliphatic heterocycles. The minimum absolute atomic E-state index is 0.0598. The van der Waals surface area contributed by atoms with Gasteiger partial charge in [0.05, 0.1) is 29.5 Å². The standard InChI is InChI=1S/C21H22N6O4/c1-15-20(23-24-26(15)17-6-4-7-18(13-17)27(29)30)21(28)22-19-8-3-2-5-16(19)14-25-9-11-31-12-10-25/h2-8,13H,9-12,14H2,1H3,(H,22,28). The number of benzene rings is 2. The lowest BCUT2D eigenvalue weighted by molar-refractivity contribution is -0.384. The van der Waals surface area contributed by atoms with Crippen LogP contribution in [-0.2, 0) is 11.3 Å². The van der Waals surface area contributed by atoms with Crippen molar-refractivity contribution in [3.8, 4) is 5.69 Å². The third-order valence-electron chi connectivity index (χ3n) is 5.16. The lowest BCUT2D eigenvalue weighted by atomic mass is 10.1. The number of aromatic nitrogens is 3. The number of anilines is 1. The van der Waals surface area contributed by atoms with E-state index < -0.39 is 4.92 Å². The third kappa shape index (κ3) is 4.60. The van der Waals surface area contributed by atoms with Gasteiger partial charge in [-0.05, 0) is 24.6 Å². The first-order valence-corrected chi connectivity index (χ1v) is 9.89. The van der Waals surface area contributed by atoms with E-state index >= 15 is 0 Å². The topological polar surface area (TPSA) is 115 Å². The maximum absolute atomic E-state index is 12.9. The Morgan fingerprint density at radius 1 is 1.19 bits per heavy atom. The Hall–Kier alpha value is -3.63. The van der Waals surface area contributed by atoms with E-state index in [1.54, 1.807) is 19.1 Å². The Labute approximate surface area is 178 Å². The molecule has 1 aliphatic rings. The van der Waals surface area contributed by atoms with E-state index in [2.05, 4.69) is 20.5 Å². The highest BCUT2D eigenvalue weighted by Gasteiger charge is 2.20. The van der Waals surface area contributed by atoms with Gasteiger partial charge in [0.25, 0.3) is 11.6 Å². The number of non-ortho nitro benzene ring substituents is 1. The summed E-state index contributed by atoms with van der Waals surface area (Å²) in [6, 6.07) is 13.7. The minimum atomic E-state index is -0.477. The second-order valence-electron chi connectivity index (χ2n) is 7.21. The van der Waals surface area contributed by atoms with Crippen LogP contribution in [0.15, 0.2) is 48.5 Å². The molecule has 160 valence electrons. The lowest BCUT2D eigenvalue weighted by Crippen LogP contribution is -2.35. The summed E-state index contributed by atoms with van der Waals surface area (Å²) in [5.41, 5.74) is 2.77. The molecule has 1 fully saturated rings. The fourth-order valence-corrected chi connectivity index (χ4v) is 3.48. The van der Waals surface area contributed by atoms with Gasteiger partial charge >= 0.3 is 0 Å². The zero-order chi connectivity index (χ0) is 21.8. The van der Waals surface area contributed by atoms with E-state index in [1.807, 2.05) is 24.3 Å². The van der Waals surface area contributed by atoms with Gasteiger partial charge in [-0.25, -0.2) is 4.68 Å². The molecule has 0 atom stereocenters. The van der Waals surface area contributed by atoms with E-state index in [0.717, 1.165) is 18.7 Å². The van der Waals surface area contributed by atoms with E-state index in [4.69, 9.17) is 4.74 Å². The summed E-state index contributed by atoms with van der Waals surface area (Å²) < 4.78 is 6.81. The zero-order valence-electron chi connectivity index (χ0n) is 17.0. The van der Waals surface area contributed by atoms with Gasteiger partial charge in [-0.3, -0.25) is 19.8 Å². The molecule has 0 bridgehead atoms. The van der Waals surface area contributed by atoms with E-state index in [-0.39, 0.29) is 17.3 Å². The van der Waals surface area contributed by atoms with Gasteiger partial charge in [0.1, 0.15) is 0 Å². The van der Waals surface area contributed by atoms with Crippen molar-refractivity contribution >= 4 is 17.3 Å². The van der Waals surface area contributed by atoms with Crippen LogP contribution in [0.2, 0.25) is 0 Å². The molecule has 0 unspecified atom stereocenters. The molecule has 0 aliphatic carbocycles. The van der Waals surface area contributed by atoms with Crippen molar-refractivity contribution in [2.75, 3.05) is 31.6 Å². The van der Waals surface area contributed by atoms with Crippen LogP contribution in [0.25, 0.3) is 5.69 Å². The van der Waals surface area contributed by atoms with E-state index in [9.17, 15) is 14.9 Å². The van der Waals surface area contributed by atoms with Gasteiger partial charge in [-0.2, -0.15) is 0 Å². The molecular formula is C21H22N6O4. The number of hydrogen-bond acceptors (Lipinski definition) is 7. The Morgan fingerprint density at radius 2 is 1.97 bits per heavy atom. The summed E-state index contributed by atoms with van der Waals surface area (Å²) in [4.78, 5) is 25.8. The largest absolute Gasteiger partial charge is 0.379 e. The molecule has 1 N–H and O–H groups in total. The summed E-state index contributed by atoms with van der Waals surface area (Å²) in [7, 11) is 0. The van der Waals surface area contributed by atoms with Gasteiger partial charge in [-0.1, -0.05) is 29.5 Å². The van der Waals surface area contributed by atoms with Crippen LogP contribution < -0.4 is 5.32 Å². The van der Waals surface area contributed by atoms with Crippen molar-refractivity contribution in [2.24, 2.45) is 0 Å². The predicted octanol–water partition coefficient (Wildman–Crippen LogP) is 2.57. The molecule has 0 saturated carbocycles. The predicted molar refractivity (Wildman–Crippen MR) is 113 cm³/mol. The number of nitrogens with one attached hydrogen (secondary N) is 1. The smallest absolute Gasteiger partial charge is 0.278 e. The molecule has 31 heavy (non-hydrogen) atoms. The summed E-state index contributed by atoms with van der Waals surface area (Å²) in [6.07, 6.45) is 0. The highest BCUT2D eigenvalue weighted by molar-refractivity contribution is 6.04. The average Bonchev–Trinajstić information content (AvgIpc) is 3.17. The van der Waals surface area contributed by atoms with Gasteiger partial charge in [0, 0.05) is 37.5 Å². The number of nitrogens with zero attached hydrogens (tertiary/aromatic N) is 5. The number of ether oxygens (including phenoxy) is 1. The monoisotopic (exact) mass is 422 g/mol. The van der Waals surface area contributed by atoms with E-state index in [0.29, 0.717) is 36.8 Å². The quantitative estimate of drug-likeness (QED) is 0.479. The maximum Gasteiger partial charge on any atom is 0.278 e. The van der Waals surface area contributed by atoms with E-state index in [1.165, 1.54) is 16.8 Å². The SMILES string of the molecule is Cc1c(C(=O)Nc2ccccc2CN2CCOCC2)nnn1-c1cccc([N+](=O)[O-])c1. The third-order valence-corrected chi connectivity index (χ3v) is 5.16. The van der Waals surface area contributed by atoms with Crippen LogP contribution in [0.3, 0.4) is 0 Å². The zero-order valence-corrected chi connectivity index (χ0v) is 17.0. The first-order valence-electron chi connectivity index (χ1n) is 9.89. The number of carbonyl (C=O) groups excluding carboxylic acids is 1. The number of para-hydroxylation sites is 1. The molecule has 2 heterocycles. The van der Waals surface area contributed by atoms with Crippen LogP contribution in [0.1, 0.15) is 21.7 Å². The highest BCUT2D eigenvalue weighted by Crippen LogP contribution is 2.21. The van der Waals surface area contributed by atoms with Crippen LogP contribution in [0.4, 0.5) is 11.4 Å². The second-order valence-corrected chi connectivity index (χ2v) is 7.21. The Bertz CT molecular complexity index is 1110. The van der Waals surface area contributed by atoms with Gasteiger partial charge in [-0.15, -0.1) is 5.10 Å². The van der Waals surface area contributed by atoms with Gasteiger partial charge in [0.2, 0.25) is 0 Å². The van der Waals surface area contributed by atoms with Crippen LogP contribution >= 0.6 is 0 Å². The van der Waals surface area contributed by atoms with Crippen LogP contribution in [-0.4, -0.2) is 57.0 Å². The average molecular weight is 422 g/mol. The number of hydrogen-bond donors (Lipinski definition) is 1. The first-order chi connectivity index (χ1) is 15.0. The summed E-state index contributed by atoms with van der Waals surface area (Å²) in [5, 5.41) is 22.0. The van der Waals surface area contributed by atoms with Gasteiger partial charge in [0.15, 0.2) is 5.69 Å². The molecule has 1 aromatic heterocycles. The molecule has 2 aromatic carbocycles. The van der Waals surface area contributed by atoms with Crippen LogP contribution in [0.5, 0.6) is 0 Å². The number of amides is 1. The van der Waals surface area contributed by atoms with Crippen LogP contribution in [0, 0.1) is 17.0 Å². The minimum Gasteiger partial charge on any atom is -0.379 e. The number of nitro groups is 1. The molecular weight excluding hydrogens is 400 g/mol. The molecule has 4 rings (SSSR count). The van der Waals surface area contributed by atoms with Crippen molar-refractivity contribution in [3.05, 3.63) is 75.6 Å². The summed E-state index contributed by atoms with van der Waals surface area (Å²) >= 11 is 0. The number of nitro benzene ring substituents is 1. The second kappa shape index (κ2) is 9.02. The van der Waals surface area contributed by atoms with Gasteiger partial charge < -0.3 is 10.1 Å². The van der Waals surface area contributed by atoms with Crippen molar-refractivity contribution in [2.45, 2.75) is 13.5 Å². The normalized spacial score (nSPS) is 14.4. The maximum atomic E-state index is 12.9. The number of carbonyl (C=O) groups is 1. The molecule has 1 saturated heterocycles. The Balaban J connectivity index is 1.54. The van der Waals surface area contributed by atoms with Crippen molar-refractivity contribution in [1.82, 2.24) is 19.9 Å². The fraction of sp³-hybridized carbons (Fsp3) is 0.286. The van der Waals surface area contributed by atoms with Crippen molar-refractivity contribution < 1.29 is 14.5 Å². The van der Waals surface area contributed by atoms with Crippen molar-refractivity contribution in [3.63, 3.8) is 0 Å². The molecule has 10 heteroatoms.